The third kappa shape index (κ3) is 9.56. The van der Waals surface area contributed by atoms with Crippen molar-refractivity contribution in [2.24, 2.45) is 11.7 Å². The summed E-state index contributed by atoms with van der Waals surface area (Å²) in [6.07, 6.45) is -0.299. The number of benzene rings is 1. The van der Waals surface area contributed by atoms with Crippen LogP contribution < -0.4 is 21.7 Å². The van der Waals surface area contributed by atoms with E-state index in [0.717, 1.165) is 5.56 Å². The molecule has 0 fully saturated rings. The zero-order valence-electron chi connectivity index (χ0n) is 18.0. The second kappa shape index (κ2) is 13.1. The third-order valence-electron chi connectivity index (χ3n) is 4.59. The van der Waals surface area contributed by atoms with Gasteiger partial charge in [0.25, 0.3) is 0 Å². The van der Waals surface area contributed by atoms with Gasteiger partial charge in [-0.3, -0.25) is 19.2 Å². The quantitative estimate of drug-likeness (QED) is 0.226. The number of hydrogen-bond donors (Lipinski definition) is 6. The van der Waals surface area contributed by atoms with Crippen LogP contribution in [0, 0.1) is 5.92 Å². The molecule has 0 aliphatic rings. The molecule has 0 saturated heterocycles. The lowest BCUT2D eigenvalue weighted by atomic mass is 10.0. The normalized spacial score (nSPS) is 13.5. The largest absolute Gasteiger partial charge is 0.481 e. The van der Waals surface area contributed by atoms with Crippen molar-refractivity contribution < 1.29 is 34.2 Å². The van der Waals surface area contributed by atoms with Gasteiger partial charge in [0, 0.05) is 12.8 Å². The molecule has 0 spiro atoms. The number of nitrogens with one attached hydrogen (secondary N) is 3. The van der Waals surface area contributed by atoms with Crippen LogP contribution in [0.1, 0.15) is 32.3 Å². The molecular formula is C21H30N4O7. The Bertz CT molecular complexity index is 814. The lowest BCUT2D eigenvalue weighted by Gasteiger charge is -2.24. The molecule has 0 aromatic heterocycles. The molecule has 0 aliphatic carbocycles. The number of hydrogen-bond acceptors (Lipinski definition) is 6. The Kier molecular flexibility index (Phi) is 10.8. The molecule has 1 aromatic rings. The van der Waals surface area contributed by atoms with Crippen molar-refractivity contribution in [2.45, 2.75) is 51.2 Å². The molecule has 11 nitrogen and oxygen atoms in total. The molecule has 0 radical (unpaired) electrons. The van der Waals surface area contributed by atoms with Gasteiger partial charge < -0.3 is 31.9 Å². The van der Waals surface area contributed by atoms with E-state index < -0.39 is 54.3 Å². The summed E-state index contributed by atoms with van der Waals surface area (Å²) in [4.78, 5) is 58.9. The van der Waals surface area contributed by atoms with E-state index in [2.05, 4.69) is 16.0 Å². The number of carbonyl (C=O) groups excluding carboxylic acids is 3. The van der Waals surface area contributed by atoms with E-state index in [9.17, 15) is 29.1 Å². The average molecular weight is 450 g/mol. The fraction of sp³-hybridized carbons (Fsp3) is 0.476. The van der Waals surface area contributed by atoms with Gasteiger partial charge >= 0.3 is 11.9 Å². The van der Waals surface area contributed by atoms with E-state index in [1.54, 1.807) is 44.2 Å². The Balaban J connectivity index is 2.65. The third-order valence-corrected chi connectivity index (χ3v) is 4.59. The molecule has 3 amide bonds. The van der Waals surface area contributed by atoms with Gasteiger partial charge in [-0.15, -0.1) is 0 Å². The highest BCUT2D eigenvalue weighted by molar-refractivity contribution is 5.92. The zero-order valence-corrected chi connectivity index (χ0v) is 18.0. The van der Waals surface area contributed by atoms with Crippen LogP contribution in [0.3, 0.4) is 0 Å². The molecule has 11 heteroatoms. The van der Waals surface area contributed by atoms with Crippen molar-refractivity contribution in [3.63, 3.8) is 0 Å². The molecule has 0 bridgehead atoms. The molecular weight excluding hydrogens is 420 g/mol. The predicted octanol–water partition coefficient (Wildman–Crippen LogP) is -0.752. The van der Waals surface area contributed by atoms with Crippen molar-refractivity contribution >= 4 is 29.7 Å². The van der Waals surface area contributed by atoms with Crippen LogP contribution in [-0.2, 0) is 30.4 Å². The van der Waals surface area contributed by atoms with Crippen molar-refractivity contribution in [3.8, 4) is 0 Å². The summed E-state index contributed by atoms with van der Waals surface area (Å²) in [5, 5.41) is 25.3. The molecule has 32 heavy (non-hydrogen) atoms. The van der Waals surface area contributed by atoms with Crippen molar-refractivity contribution in [3.05, 3.63) is 35.9 Å². The van der Waals surface area contributed by atoms with Crippen LogP contribution in [0.5, 0.6) is 0 Å². The predicted molar refractivity (Wildman–Crippen MR) is 114 cm³/mol. The molecule has 176 valence electrons. The number of carbonyl (C=O) groups is 5. The minimum Gasteiger partial charge on any atom is -0.481 e. The van der Waals surface area contributed by atoms with Crippen LogP contribution in [-0.4, -0.2) is 64.5 Å². The highest BCUT2D eigenvalue weighted by Crippen LogP contribution is 2.07. The van der Waals surface area contributed by atoms with Crippen LogP contribution in [0.25, 0.3) is 0 Å². The molecule has 0 saturated carbocycles. The maximum atomic E-state index is 12.7. The fourth-order valence-corrected chi connectivity index (χ4v) is 2.78. The van der Waals surface area contributed by atoms with Gasteiger partial charge in [0.05, 0.1) is 12.6 Å². The first-order valence-corrected chi connectivity index (χ1v) is 10.1. The van der Waals surface area contributed by atoms with Gasteiger partial charge in [0.15, 0.2) is 0 Å². The number of rotatable bonds is 13. The topological polar surface area (TPSA) is 188 Å². The monoisotopic (exact) mass is 450 g/mol. The SMILES string of the molecule is CC(C)C(NC(=O)CNC(=O)C(N)CCC(=O)O)C(=O)NC(Cc1ccccc1)C(=O)O. The Morgan fingerprint density at radius 3 is 2.12 bits per heavy atom. The summed E-state index contributed by atoms with van der Waals surface area (Å²) in [5.74, 6) is -4.70. The van der Waals surface area contributed by atoms with E-state index in [1.807, 2.05) is 0 Å². The highest BCUT2D eigenvalue weighted by Gasteiger charge is 2.29. The lowest BCUT2D eigenvalue weighted by molar-refractivity contribution is -0.142. The van der Waals surface area contributed by atoms with Gasteiger partial charge in [0.2, 0.25) is 17.7 Å². The standard InChI is InChI=1S/C21H30N4O7/c1-12(2)18(25-16(26)11-23-19(29)14(22)8-9-17(27)28)20(30)24-15(21(31)32)10-13-6-4-3-5-7-13/h3-7,12,14-15,18H,8-11,22H2,1-2H3,(H,23,29)(H,24,30)(H,25,26)(H,27,28)(H,31,32). The van der Waals surface area contributed by atoms with E-state index in [1.165, 1.54) is 0 Å². The van der Waals surface area contributed by atoms with Crippen molar-refractivity contribution in [2.75, 3.05) is 6.54 Å². The van der Waals surface area contributed by atoms with Gasteiger partial charge in [-0.1, -0.05) is 44.2 Å². The molecule has 0 heterocycles. The lowest BCUT2D eigenvalue weighted by Crippen LogP contribution is -2.55. The first kappa shape index (κ1) is 26.6. The number of amides is 3. The molecule has 3 atom stereocenters. The Morgan fingerprint density at radius 1 is 0.969 bits per heavy atom. The van der Waals surface area contributed by atoms with E-state index in [0.29, 0.717) is 0 Å². The maximum Gasteiger partial charge on any atom is 0.326 e. The molecule has 3 unspecified atom stereocenters. The highest BCUT2D eigenvalue weighted by atomic mass is 16.4. The summed E-state index contributed by atoms with van der Waals surface area (Å²) in [6, 6.07) is 5.50. The van der Waals surface area contributed by atoms with Gasteiger partial charge in [0.1, 0.15) is 12.1 Å². The van der Waals surface area contributed by atoms with Gasteiger partial charge in [-0.25, -0.2) is 4.79 Å². The molecule has 1 aromatic carbocycles. The molecule has 1 rings (SSSR count). The molecule has 7 N–H and O–H groups in total. The van der Waals surface area contributed by atoms with Crippen LogP contribution in [0.4, 0.5) is 0 Å². The molecule has 0 aliphatic heterocycles. The second-order valence-electron chi connectivity index (χ2n) is 7.64. The first-order valence-electron chi connectivity index (χ1n) is 10.1. The summed E-state index contributed by atoms with van der Waals surface area (Å²) in [5.41, 5.74) is 6.30. The Labute approximate surface area is 185 Å². The number of nitrogens with two attached hydrogens (primary N) is 1. The van der Waals surface area contributed by atoms with Crippen LogP contribution >= 0.6 is 0 Å². The fourth-order valence-electron chi connectivity index (χ4n) is 2.78. The smallest absolute Gasteiger partial charge is 0.326 e. The van der Waals surface area contributed by atoms with Gasteiger partial charge in [-0.2, -0.15) is 0 Å². The summed E-state index contributed by atoms with van der Waals surface area (Å²) in [7, 11) is 0. The Morgan fingerprint density at radius 2 is 1.59 bits per heavy atom. The van der Waals surface area contributed by atoms with E-state index in [-0.39, 0.29) is 25.2 Å². The second-order valence-corrected chi connectivity index (χ2v) is 7.64. The first-order chi connectivity index (χ1) is 15.0. The Hall–Kier alpha value is -3.47. The van der Waals surface area contributed by atoms with Crippen LogP contribution in [0.2, 0.25) is 0 Å². The number of aliphatic carboxylic acids is 2. The average Bonchev–Trinajstić information content (AvgIpc) is 2.73. The minimum atomic E-state index is -1.21. The maximum absolute atomic E-state index is 12.7. The summed E-state index contributed by atoms with van der Waals surface area (Å²) < 4.78 is 0. The summed E-state index contributed by atoms with van der Waals surface area (Å²) in [6.45, 7) is 2.89. The van der Waals surface area contributed by atoms with Crippen LogP contribution in [0.15, 0.2) is 30.3 Å². The van der Waals surface area contributed by atoms with Crippen molar-refractivity contribution in [1.29, 1.82) is 0 Å². The van der Waals surface area contributed by atoms with E-state index in [4.69, 9.17) is 10.8 Å². The zero-order chi connectivity index (χ0) is 24.3. The van der Waals surface area contributed by atoms with Gasteiger partial charge in [-0.05, 0) is 17.9 Å². The number of carboxylic acid groups (broad SMARTS) is 2. The van der Waals surface area contributed by atoms with Crippen molar-refractivity contribution in [1.82, 2.24) is 16.0 Å². The summed E-state index contributed by atoms with van der Waals surface area (Å²) >= 11 is 0. The number of carboxylic acids is 2. The van der Waals surface area contributed by atoms with E-state index >= 15 is 0 Å². The minimum absolute atomic E-state index is 0.0744.